The van der Waals surface area contributed by atoms with Crippen molar-refractivity contribution in [2.45, 2.75) is 39.5 Å². The second kappa shape index (κ2) is 19.8. The maximum Gasteiger partial charge on any atom is 0.0700 e. The molecule has 5 heteroatoms. The lowest BCUT2D eigenvalue weighted by molar-refractivity contribution is 0.0456. The Kier molecular flexibility index (Phi) is 19.6. The van der Waals surface area contributed by atoms with Crippen molar-refractivity contribution in [1.29, 1.82) is 0 Å². The van der Waals surface area contributed by atoms with E-state index in [2.05, 4.69) is 19.2 Å². The molecular formula is C16H35NO4. The van der Waals surface area contributed by atoms with E-state index in [1.54, 1.807) is 0 Å². The lowest BCUT2D eigenvalue weighted by Crippen LogP contribution is -2.20. The zero-order valence-corrected chi connectivity index (χ0v) is 14.0. The van der Waals surface area contributed by atoms with Gasteiger partial charge in [0.05, 0.1) is 26.4 Å². The van der Waals surface area contributed by atoms with Gasteiger partial charge in [-0.1, -0.05) is 13.8 Å². The van der Waals surface area contributed by atoms with Crippen LogP contribution in [0.3, 0.4) is 0 Å². The topological polar surface area (TPSA) is 49.0 Å². The van der Waals surface area contributed by atoms with E-state index in [1.807, 2.05) is 0 Å². The fraction of sp³-hybridized carbons (Fsp3) is 1.00. The van der Waals surface area contributed by atoms with E-state index in [4.69, 9.17) is 18.9 Å². The molecule has 0 saturated carbocycles. The number of hydrogen-bond acceptors (Lipinski definition) is 5. The number of rotatable bonds is 18. The van der Waals surface area contributed by atoms with Crippen LogP contribution in [0.15, 0.2) is 0 Å². The monoisotopic (exact) mass is 305 g/mol. The third-order valence-corrected chi connectivity index (χ3v) is 2.73. The van der Waals surface area contributed by atoms with E-state index in [0.29, 0.717) is 26.4 Å². The van der Waals surface area contributed by atoms with Crippen molar-refractivity contribution < 1.29 is 18.9 Å². The molecule has 0 rings (SSSR count). The standard InChI is InChI=1S/C16H35NO4/c1-3-9-18-13-15-20-11-5-7-17-8-6-12-21-16-14-19-10-4-2/h17H,3-16H2,1-2H3. The Hall–Kier alpha value is -0.200. The minimum absolute atomic E-state index is 0.702. The first-order valence-electron chi connectivity index (χ1n) is 8.43. The van der Waals surface area contributed by atoms with E-state index in [9.17, 15) is 0 Å². The second-order valence-electron chi connectivity index (χ2n) is 4.91. The summed E-state index contributed by atoms with van der Waals surface area (Å²) in [5, 5.41) is 3.39. The van der Waals surface area contributed by atoms with Gasteiger partial charge < -0.3 is 24.3 Å². The predicted molar refractivity (Wildman–Crippen MR) is 86.0 cm³/mol. The van der Waals surface area contributed by atoms with Gasteiger partial charge in [-0.15, -0.1) is 0 Å². The van der Waals surface area contributed by atoms with Crippen LogP contribution in [0.25, 0.3) is 0 Å². The highest BCUT2D eigenvalue weighted by molar-refractivity contribution is 4.48. The average molecular weight is 305 g/mol. The predicted octanol–water partition coefficient (Wildman–Crippen LogP) is 2.24. The second-order valence-corrected chi connectivity index (χ2v) is 4.91. The summed E-state index contributed by atoms with van der Waals surface area (Å²) in [4.78, 5) is 0. The van der Waals surface area contributed by atoms with E-state index in [-0.39, 0.29) is 0 Å². The molecule has 0 aromatic heterocycles. The summed E-state index contributed by atoms with van der Waals surface area (Å²) in [6.07, 6.45) is 4.22. The molecule has 1 N–H and O–H groups in total. The van der Waals surface area contributed by atoms with Crippen molar-refractivity contribution in [3.8, 4) is 0 Å². The first kappa shape index (κ1) is 20.8. The van der Waals surface area contributed by atoms with Gasteiger partial charge in [-0.05, 0) is 38.8 Å². The van der Waals surface area contributed by atoms with Crippen LogP contribution >= 0.6 is 0 Å². The molecule has 0 unspecified atom stereocenters. The van der Waals surface area contributed by atoms with Gasteiger partial charge in [-0.25, -0.2) is 0 Å². The van der Waals surface area contributed by atoms with E-state index < -0.39 is 0 Å². The molecule has 5 nitrogen and oxygen atoms in total. The molecule has 0 aromatic carbocycles. The molecule has 0 radical (unpaired) electrons. The smallest absolute Gasteiger partial charge is 0.0700 e. The summed E-state index contributed by atoms with van der Waals surface area (Å²) in [5.74, 6) is 0. The molecule has 0 aliphatic heterocycles. The Bertz CT molecular complexity index is 164. The average Bonchev–Trinajstić information content (AvgIpc) is 2.50. The first-order valence-corrected chi connectivity index (χ1v) is 8.43. The quantitative estimate of drug-likeness (QED) is 0.394. The van der Waals surface area contributed by atoms with Gasteiger partial charge >= 0.3 is 0 Å². The van der Waals surface area contributed by atoms with Gasteiger partial charge in [0.2, 0.25) is 0 Å². The van der Waals surface area contributed by atoms with E-state index >= 15 is 0 Å². The molecule has 0 amide bonds. The zero-order valence-electron chi connectivity index (χ0n) is 14.0. The fourth-order valence-corrected chi connectivity index (χ4v) is 1.66. The minimum atomic E-state index is 0.702. The van der Waals surface area contributed by atoms with Crippen LogP contribution in [0.2, 0.25) is 0 Å². The molecule has 0 bridgehead atoms. The molecule has 0 aliphatic rings. The summed E-state index contributed by atoms with van der Waals surface area (Å²) < 4.78 is 21.6. The molecule has 0 heterocycles. The van der Waals surface area contributed by atoms with Gasteiger partial charge in [0.25, 0.3) is 0 Å². The summed E-state index contributed by atoms with van der Waals surface area (Å²) in [5.41, 5.74) is 0. The Morgan fingerprint density at radius 3 is 1.29 bits per heavy atom. The van der Waals surface area contributed by atoms with Crippen LogP contribution in [0.1, 0.15) is 39.5 Å². The van der Waals surface area contributed by atoms with E-state index in [1.165, 1.54) is 0 Å². The van der Waals surface area contributed by atoms with Gasteiger partial charge in [0, 0.05) is 26.4 Å². The van der Waals surface area contributed by atoms with Gasteiger partial charge in [-0.3, -0.25) is 0 Å². The minimum Gasteiger partial charge on any atom is -0.379 e. The third kappa shape index (κ3) is 19.8. The lowest BCUT2D eigenvalue weighted by Gasteiger charge is -2.07. The van der Waals surface area contributed by atoms with Crippen molar-refractivity contribution in [2.75, 3.05) is 65.9 Å². The van der Waals surface area contributed by atoms with Crippen LogP contribution in [0.5, 0.6) is 0 Å². The number of ether oxygens (including phenoxy) is 4. The van der Waals surface area contributed by atoms with Crippen LogP contribution in [0.4, 0.5) is 0 Å². The molecule has 0 atom stereocenters. The largest absolute Gasteiger partial charge is 0.379 e. The Morgan fingerprint density at radius 2 is 0.905 bits per heavy atom. The Morgan fingerprint density at radius 1 is 0.524 bits per heavy atom. The van der Waals surface area contributed by atoms with E-state index in [0.717, 1.165) is 65.2 Å². The van der Waals surface area contributed by atoms with Crippen LogP contribution in [-0.2, 0) is 18.9 Å². The molecule has 0 aliphatic carbocycles. The summed E-state index contributed by atoms with van der Waals surface area (Å²) in [7, 11) is 0. The third-order valence-electron chi connectivity index (χ3n) is 2.73. The van der Waals surface area contributed by atoms with Crippen molar-refractivity contribution in [3.63, 3.8) is 0 Å². The van der Waals surface area contributed by atoms with Crippen molar-refractivity contribution in [3.05, 3.63) is 0 Å². The highest BCUT2D eigenvalue weighted by Gasteiger charge is 1.92. The number of nitrogens with one attached hydrogen (secondary N) is 1. The SMILES string of the molecule is CCCOCCOCCCNCCCOCCOCCC. The van der Waals surface area contributed by atoms with Gasteiger partial charge in [0.15, 0.2) is 0 Å². The molecule has 21 heavy (non-hydrogen) atoms. The molecule has 0 aromatic rings. The van der Waals surface area contributed by atoms with Crippen molar-refractivity contribution in [1.82, 2.24) is 5.32 Å². The molecular weight excluding hydrogens is 270 g/mol. The van der Waals surface area contributed by atoms with Gasteiger partial charge in [0.1, 0.15) is 0 Å². The highest BCUT2D eigenvalue weighted by Crippen LogP contribution is 1.86. The Labute approximate surface area is 130 Å². The maximum absolute atomic E-state index is 5.47. The zero-order chi connectivity index (χ0) is 15.4. The summed E-state index contributed by atoms with van der Waals surface area (Å²) in [6.45, 7) is 12.3. The fourth-order valence-electron chi connectivity index (χ4n) is 1.66. The van der Waals surface area contributed by atoms with Gasteiger partial charge in [-0.2, -0.15) is 0 Å². The molecule has 0 fully saturated rings. The molecule has 0 spiro atoms. The number of hydrogen-bond donors (Lipinski definition) is 1. The maximum atomic E-state index is 5.47. The lowest BCUT2D eigenvalue weighted by atomic mass is 10.4. The highest BCUT2D eigenvalue weighted by atomic mass is 16.5. The first-order chi connectivity index (χ1) is 10.4. The van der Waals surface area contributed by atoms with Crippen molar-refractivity contribution in [2.24, 2.45) is 0 Å². The Balaban J connectivity index is 2.90. The van der Waals surface area contributed by atoms with Crippen LogP contribution in [-0.4, -0.2) is 65.9 Å². The molecule has 0 saturated heterocycles. The normalized spacial score (nSPS) is 11.1. The molecule has 128 valence electrons. The van der Waals surface area contributed by atoms with Crippen molar-refractivity contribution >= 4 is 0 Å². The summed E-state index contributed by atoms with van der Waals surface area (Å²) in [6, 6.07) is 0. The van der Waals surface area contributed by atoms with Crippen LogP contribution < -0.4 is 5.32 Å². The van der Waals surface area contributed by atoms with Crippen LogP contribution in [0, 0.1) is 0 Å². The summed E-state index contributed by atoms with van der Waals surface area (Å²) >= 11 is 0.